The van der Waals surface area contributed by atoms with Crippen LogP contribution >= 0.6 is 11.8 Å². The summed E-state index contributed by atoms with van der Waals surface area (Å²) in [5.74, 6) is 0.188. The zero-order valence-electron chi connectivity index (χ0n) is 19.5. The van der Waals surface area contributed by atoms with Crippen LogP contribution in [0.4, 0.5) is 19.0 Å². The first-order valence-electron chi connectivity index (χ1n) is 10.4. The predicted octanol–water partition coefficient (Wildman–Crippen LogP) is 3.97. The quantitative estimate of drug-likeness (QED) is 0.300. The van der Waals surface area contributed by atoms with E-state index in [1.165, 1.54) is 52.9 Å². The molecular formula is C22H24F3N5O4S. The van der Waals surface area contributed by atoms with Crippen molar-refractivity contribution >= 4 is 29.9 Å². The Morgan fingerprint density at radius 2 is 1.89 bits per heavy atom. The molecular weight excluding hydrogens is 487 g/mol. The van der Waals surface area contributed by atoms with Gasteiger partial charge in [-0.3, -0.25) is 9.59 Å². The Bertz CT molecular complexity index is 1170. The molecule has 3 aromatic rings. The van der Waals surface area contributed by atoms with Gasteiger partial charge in [0.25, 0.3) is 5.91 Å². The summed E-state index contributed by atoms with van der Waals surface area (Å²) in [6.07, 6.45) is -1.97. The fourth-order valence-electron chi connectivity index (χ4n) is 3.08. The average Bonchev–Trinajstić information content (AvgIpc) is 3.41. The molecule has 3 rings (SSSR count). The van der Waals surface area contributed by atoms with E-state index < -0.39 is 12.3 Å². The Hall–Kier alpha value is -3.48. The molecule has 0 aliphatic heterocycles. The summed E-state index contributed by atoms with van der Waals surface area (Å²) in [4.78, 5) is 36.0. The fourth-order valence-corrected chi connectivity index (χ4v) is 3.93. The molecule has 0 aliphatic carbocycles. The molecule has 0 N–H and O–H groups in total. The third-order valence-electron chi connectivity index (χ3n) is 4.80. The number of anilines is 1. The molecule has 0 saturated carbocycles. The lowest BCUT2D eigenvalue weighted by atomic mass is 10.2. The molecule has 0 unspecified atom stereocenters. The minimum Gasteiger partial charge on any atom is -0.448 e. The van der Waals surface area contributed by atoms with Crippen molar-refractivity contribution in [1.82, 2.24) is 19.4 Å². The molecule has 0 fully saturated rings. The van der Waals surface area contributed by atoms with Gasteiger partial charge in [0, 0.05) is 21.1 Å². The highest BCUT2D eigenvalue weighted by Gasteiger charge is 2.31. The predicted molar refractivity (Wildman–Crippen MR) is 122 cm³/mol. The fraction of sp³-hybridized carbons (Fsp3) is 0.364. The monoisotopic (exact) mass is 511 g/mol. The molecule has 188 valence electrons. The van der Waals surface area contributed by atoms with Crippen LogP contribution in [0, 0.1) is 0 Å². The van der Waals surface area contributed by atoms with Gasteiger partial charge in [0.05, 0.1) is 18.0 Å². The summed E-state index contributed by atoms with van der Waals surface area (Å²) in [6.45, 7) is 2.06. The van der Waals surface area contributed by atoms with E-state index in [0.29, 0.717) is 35.2 Å². The number of aromatic nitrogens is 3. The average molecular weight is 512 g/mol. The number of halogens is 3. The zero-order chi connectivity index (χ0) is 25.8. The molecule has 0 saturated heterocycles. The van der Waals surface area contributed by atoms with Crippen molar-refractivity contribution in [2.75, 3.05) is 26.0 Å². The Morgan fingerprint density at radius 3 is 2.43 bits per heavy atom. The number of aryl methyl sites for hydroxylation is 1. The normalized spacial score (nSPS) is 11.4. The number of benzene rings is 1. The van der Waals surface area contributed by atoms with Crippen LogP contribution in [0.25, 0.3) is 0 Å². The van der Waals surface area contributed by atoms with Gasteiger partial charge in [0.15, 0.2) is 16.7 Å². The molecule has 13 heteroatoms. The third kappa shape index (κ3) is 6.56. The molecule has 0 aliphatic rings. The van der Waals surface area contributed by atoms with Gasteiger partial charge in [-0.15, -0.1) is 13.2 Å². The number of alkyl halides is 3. The molecule has 2 amide bonds. The number of hydrogen-bond donors (Lipinski definition) is 0. The standard InChI is InChI=1S/C22H24F3N5O4S/c1-5-15-11-33-17(26-15)12-35-21-27-19(29(4)13-31)18(20(32)28(2)3)30(21)10-14-6-8-16(9-7-14)34-22(23,24)25/h6-9,11,13H,5,10,12H2,1-4H3. The number of hydrogen-bond acceptors (Lipinski definition) is 7. The highest BCUT2D eigenvalue weighted by atomic mass is 32.2. The van der Waals surface area contributed by atoms with Crippen LogP contribution in [0.3, 0.4) is 0 Å². The second-order valence-electron chi connectivity index (χ2n) is 7.64. The van der Waals surface area contributed by atoms with Crippen LogP contribution in [0.1, 0.15) is 34.6 Å². The molecule has 0 atom stereocenters. The maximum Gasteiger partial charge on any atom is 0.573 e. The van der Waals surface area contributed by atoms with Gasteiger partial charge < -0.3 is 23.5 Å². The smallest absolute Gasteiger partial charge is 0.448 e. The van der Waals surface area contributed by atoms with Gasteiger partial charge in [-0.05, 0) is 24.1 Å². The van der Waals surface area contributed by atoms with E-state index in [9.17, 15) is 22.8 Å². The van der Waals surface area contributed by atoms with Crippen molar-refractivity contribution in [2.45, 2.75) is 37.2 Å². The first kappa shape index (κ1) is 26.1. The first-order valence-corrected chi connectivity index (χ1v) is 11.4. The van der Waals surface area contributed by atoms with Gasteiger partial charge in [-0.25, -0.2) is 9.97 Å². The largest absolute Gasteiger partial charge is 0.573 e. The van der Waals surface area contributed by atoms with Gasteiger partial charge in [0.1, 0.15) is 12.0 Å². The summed E-state index contributed by atoms with van der Waals surface area (Å²) >= 11 is 1.26. The number of oxazole rings is 1. The van der Waals surface area contributed by atoms with E-state index in [1.807, 2.05) is 6.92 Å². The lowest BCUT2D eigenvalue weighted by molar-refractivity contribution is -0.274. The number of carbonyl (C=O) groups excluding carboxylic acids is 2. The van der Waals surface area contributed by atoms with E-state index in [-0.39, 0.29) is 23.8 Å². The number of thioether (sulfide) groups is 1. The second kappa shape index (κ2) is 10.8. The summed E-state index contributed by atoms with van der Waals surface area (Å²) < 4.78 is 48.5. The van der Waals surface area contributed by atoms with Gasteiger partial charge in [0.2, 0.25) is 12.3 Å². The molecule has 1 aromatic carbocycles. The van der Waals surface area contributed by atoms with Crippen LogP contribution in [0.5, 0.6) is 5.75 Å². The third-order valence-corrected chi connectivity index (χ3v) is 5.76. The van der Waals surface area contributed by atoms with Crippen LogP contribution in [-0.2, 0) is 23.5 Å². The zero-order valence-corrected chi connectivity index (χ0v) is 20.3. The Kier molecular flexibility index (Phi) is 8.10. The maximum absolute atomic E-state index is 13.1. The van der Waals surface area contributed by atoms with Crippen LogP contribution in [-0.4, -0.2) is 59.3 Å². The highest BCUT2D eigenvalue weighted by molar-refractivity contribution is 7.98. The van der Waals surface area contributed by atoms with Crippen molar-refractivity contribution in [3.8, 4) is 5.75 Å². The number of carbonyl (C=O) groups is 2. The summed E-state index contributed by atoms with van der Waals surface area (Å²) in [6, 6.07) is 5.31. The minimum atomic E-state index is -4.80. The number of nitrogens with zero attached hydrogens (tertiary/aromatic N) is 5. The number of rotatable bonds is 10. The Balaban J connectivity index is 2.00. The van der Waals surface area contributed by atoms with Gasteiger partial charge >= 0.3 is 6.36 Å². The highest BCUT2D eigenvalue weighted by Crippen LogP contribution is 2.31. The summed E-state index contributed by atoms with van der Waals surface area (Å²) in [5.41, 5.74) is 1.55. The lowest BCUT2D eigenvalue weighted by Gasteiger charge is -2.17. The minimum absolute atomic E-state index is 0.106. The molecule has 0 radical (unpaired) electrons. The van der Waals surface area contributed by atoms with E-state index in [2.05, 4.69) is 14.7 Å². The Morgan fingerprint density at radius 1 is 1.20 bits per heavy atom. The maximum atomic E-state index is 13.1. The molecule has 0 bridgehead atoms. The van der Waals surface area contributed by atoms with Crippen LogP contribution < -0.4 is 9.64 Å². The molecule has 0 spiro atoms. The van der Waals surface area contributed by atoms with E-state index in [1.54, 1.807) is 24.9 Å². The van der Waals surface area contributed by atoms with Crippen molar-refractivity contribution in [1.29, 1.82) is 0 Å². The van der Waals surface area contributed by atoms with E-state index in [0.717, 1.165) is 5.69 Å². The molecule has 2 aromatic heterocycles. The van der Waals surface area contributed by atoms with Crippen molar-refractivity contribution in [2.24, 2.45) is 0 Å². The molecule has 35 heavy (non-hydrogen) atoms. The topological polar surface area (TPSA) is 93.7 Å². The van der Waals surface area contributed by atoms with Crippen molar-refractivity contribution in [3.05, 3.63) is 53.4 Å². The van der Waals surface area contributed by atoms with E-state index in [4.69, 9.17) is 4.42 Å². The summed E-state index contributed by atoms with van der Waals surface area (Å²) in [7, 11) is 4.62. The second-order valence-corrected chi connectivity index (χ2v) is 8.58. The van der Waals surface area contributed by atoms with Crippen LogP contribution in [0.2, 0.25) is 0 Å². The number of amides is 2. The van der Waals surface area contributed by atoms with E-state index >= 15 is 0 Å². The van der Waals surface area contributed by atoms with Crippen molar-refractivity contribution in [3.63, 3.8) is 0 Å². The summed E-state index contributed by atoms with van der Waals surface area (Å²) in [5, 5.41) is 0.408. The molecule has 2 heterocycles. The molecule has 9 nitrogen and oxygen atoms in total. The van der Waals surface area contributed by atoms with Crippen molar-refractivity contribution < 1.29 is 31.9 Å². The van der Waals surface area contributed by atoms with Gasteiger partial charge in [-0.1, -0.05) is 30.8 Å². The Labute approximate surface area is 203 Å². The van der Waals surface area contributed by atoms with Crippen LogP contribution in [0.15, 0.2) is 40.1 Å². The number of imidazole rings is 1. The SMILES string of the molecule is CCc1coc(CSc2nc(N(C)C=O)c(C(=O)N(C)C)n2Cc2ccc(OC(F)(F)F)cc2)n1. The number of ether oxygens (including phenoxy) is 1. The van der Waals surface area contributed by atoms with Gasteiger partial charge in [-0.2, -0.15) is 0 Å². The first-order chi connectivity index (χ1) is 16.5. The lowest BCUT2D eigenvalue weighted by Crippen LogP contribution is -2.28.